The predicted molar refractivity (Wildman–Crippen MR) is 50.2 cm³/mol. The second-order valence-electron chi connectivity index (χ2n) is 4.02. The van der Waals surface area contributed by atoms with Crippen molar-refractivity contribution in [3.05, 3.63) is 0 Å². The van der Waals surface area contributed by atoms with Crippen molar-refractivity contribution in [2.24, 2.45) is 0 Å². The van der Waals surface area contributed by atoms with Crippen LogP contribution in [0.4, 0.5) is 0 Å². The highest BCUT2D eigenvalue weighted by Gasteiger charge is 2.40. The molecule has 0 atom stereocenters. The molecule has 3 heteroatoms. The van der Waals surface area contributed by atoms with Crippen molar-refractivity contribution < 1.29 is 5.11 Å². The number of aliphatic hydroxyl groups excluding tert-OH is 1. The molecule has 72 valence electrons. The summed E-state index contributed by atoms with van der Waals surface area (Å²) < 4.78 is 0. The maximum absolute atomic E-state index is 8.99. The number of nitrogens with zero attached hydrogens (tertiary/aromatic N) is 1. The summed E-state index contributed by atoms with van der Waals surface area (Å²) in [7, 11) is 4.16. The first kappa shape index (κ1) is 9.96. The van der Waals surface area contributed by atoms with E-state index in [0.29, 0.717) is 6.61 Å². The van der Waals surface area contributed by atoms with E-state index >= 15 is 0 Å². The van der Waals surface area contributed by atoms with E-state index in [4.69, 9.17) is 5.11 Å². The summed E-state index contributed by atoms with van der Waals surface area (Å²) in [6.07, 6.45) is 3.45. The third-order valence-electron chi connectivity index (χ3n) is 2.44. The van der Waals surface area contributed by atoms with Gasteiger partial charge in [0.1, 0.15) is 0 Å². The first-order valence-electron chi connectivity index (χ1n) is 4.69. The van der Waals surface area contributed by atoms with Gasteiger partial charge in [-0.25, -0.2) is 0 Å². The zero-order valence-corrected chi connectivity index (χ0v) is 8.14. The molecular weight excluding hydrogens is 152 g/mol. The zero-order valence-electron chi connectivity index (χ0n) is 8.14. The van der Waals surface area contributed by atoms with Crippen molar-refractivity contribution in [3.8, 4) is 0 Å². The number of hydrogen-bond donors (Lipinski definition) is 2. The van der Waals surface area contributed by atoms with Crippen LogP contribution in [0.15, 0.2) is 0 Å². The lowest BCUT2D eigenvalue weighted by molar-refractivity contribution is 0.229. The number of rotatable bonds is 6. The Morgan fingerprint density at radius 1 is 1.42 bits per heavy atom. The molecular formula is C9H20N2O. The van der Waals surface area contributed by atoms with E-state index in [1.54, 1.807) is 0 Å². The molecule has 0 aliphatic heterocycles. The van der Waals surface area contributed by atoms with Gasteiger partial charge in [0.15, 0.2) is 0 Å². The van der Waals surface area contributed by atoms with Crippen LogP contribution in [-0.2, 0) is 0 Å². The second kappa shape index (κ2) is 4.21. The average Bonchev–Trinajstić information content (AvgIpc) is 2.79. The van der Waals surface area contributed by atoms with Crippen LogP contribution >= 0.6 is 0 Å². The molecule has 1 fully saturated rings. The zero-order chi connectivity index (χ0) is 9.03. The van der Waals surface area contributed by atoms with Crippen LogP contribution in [0.3, 0.4) is 0 Å². The van der Waals surface area contributed by atoms with Crippen LogP contribution in [0.1, 0.15) is 19.3 Å². The van der Waals surface area contributed by atoms with Gasteiger partial charge in [-0.2, -0.15) is 0 Å². The van der Waals surface area contributed by atoms with Crippen LogP contribution in [0.5, 0.6) is 0 Å². The summed E-state index contributed by atoms with van der Waals surface area (Å²) in [5.74, 6) is 0. The van der Waals surface area contributed by atoms with E-state index in [-0.39, 0.29) is 5.54 Å². The maximum Gasteiger partial charge on any atom is 0.0613 e. The van der Waals surface area contributed by atoms with Gasteiger partial charge in [-0.3, -0.25) is 0 Å². The topological polar surface area (TPSA) is 35.5 Å². The van der Waals surface area contributed by atoms with Crippen LogP contribution in [0, 0.1) is 0 Å². The summed E-state index contributed by atoms with van der Waals surface area (Å²) >= 11 is 0. The van der Waals surface area contributed by atoms with E-state index in [0.717, 1.165) is 32.4 Å². The van der Waals surface area contributed by atoms with Gasteiger partial charge in [-0.1, -0.05) is 0 Å². The number of hydrogen-bond acceptors (Lipinski definition) is 3. The van der Waals surface area contributed by atoms with Crippen LogP contribution in [0.25, 0.3) is 0 Å². The molecule has 0 bridgehead atoms. The van der Waals surface area contributed by atoms with E-state index in [9.17, 15) is 0 Å². The van der Waals surface area contributed by atoms with Gasteiger partial charge in [-0.05, 0) is 46.4 Å². The normalized spacial score (nSPS) is 20.0. The van der Waals surface area contributed by atoms with E-state index < -0.39 is 0 Å². The smallest absolute Gasteiger partial charge is 0.0613 e. The van der Waals surface area contributed by atoms with Crippen molar-refractivity contribution in [3.63, 3.8) is 0 Å². The van der Waals surface area contributed by atoms with Gasteiger partial charge in [0.25, 0.3) is 0 Å². The molecule has 0 amide bonds. The van der Waals surface area contributed by atoms with Crippen molar-refractivity contribution in [2.45, 2.75) is 24.8 Å². The lowest BCUT2D eigenvalue weighted by Gasteiger charge is -2.15. The van der Waals surface area contributed by atoms with E-state index in [1.165, 1.54) is 0 Å². The highest BCUT2D eigenvalue weighted by molar-refractivity contribution is 5.01. The van der Waals surface area contributed by atoms with Crippen molar-refractivity contribution >= 4 is 0 Å². The van der Waals surface area contributed by atoms with E-state index in [2.05, 4.69) is 24.3 Å². The first-order chi connectivity index (χ1) is 5.68. The number of aliphatic hydroxyl groups is 1. The molecule has 0 saturated heterocycles. The van der Waals surface area contributed by atoms with E-state index in [1.807, 2.05) is 0 Å². The minimum absolute atomic E-state index is 0.117. The Hall–Kier alpha value is -0.120. The van der Waals surface area contributed by atoms with Gasteiger partial charge >= 0.3 is 0 Å². The van der Waals surface area contributed by atoms with Crippen LogP contribution < -0.4 is 5.32 Å². The highest BCUT2D eigenvalue weighted by Crippen LogP contribution is 2.34. The quantitative estimate of drug-likeness (QED) is 0.556. The van der Waals surface area contributed by atoms with Gasteiger partial charge in [0, 0.05) is 5.54 Å². The summed E-state index contributed by atoms with van der Waals surface area (Å²) in [5.41, 5.74) is 0.117. The van der Waals surface area contributed by atoms with Gasteiger partial charge in [0.2, 0.25) is 0 Å². The fraction of sp³-hybridized carbons (Fsp3) is 1.00. The van der Waals surface area contributed by atoms with Crippen molar-refractivity contribution in [2.75, 3.05) is 33.8 Å². The summed E-state index contributed by atoms with van der Waals surface area (Å²) in [5, 5.41) is 12.4. The molecule has 1 saturated carbocycles. The molecule has 0 aromatic heterocycles. The van der Waals surface area contributed by atoms with Crippen molar-refractivity contribution in [1.82, 2.24) is 10.2 Å². The molecule has 1 aliphatic carbocycles. The maximum atomic E-state index is 8.99. The number of nitrogens with one attached hydrogen (secondary N) is 1. The fourth-order valence-corrected chi connectivity index (χ4v) is 1.29. The van der Waals surface area contributed by atoms with Gasteiger partial charge in [-0.15, -0.1) is 0 Å². The molecule has 2 N–H and O–H groups in total. The Labute approximate surface area is 74.8 Å². The molecule has 1 rings (SSSR count). The standard InChI is InChI=1S/C9H20N2O/c1-11(2)7-3-6-10-9(8-12)4-5-9/h10,12H,3-8H2,1-2H3. The molecule has 3 nitrogen and oxygen atoms in total. The van der Waals surface area contributed by atoms with Crippen molar-refractivity contribution in [1.29, 1.82) is 0 Å². The fourth-order valence-electron chi connectivity index (χ4n) is 1.29. The van der Waals surface area contributed by atoms with Crippen LogP contribution in [-0.4, -0.2) is 49.3 Å². The summed E-state index contributed by atoms with van der Waals surface area (Å²) in [4.78, 5) is 2.18. The Bertz CT molecular complexity index is 132. The minimum atomic E-state index is 0.117. The molecule has 0 heterocycles. The predicted octanol–water partition coefficient (Wildman–Crippen LogP) is 0.0526. The largest absolute Gasteiger partial charge is 0.394 e. The van der Waals surface area contributed by atoms with Gasteiger partial charge < -0.3 is 15.3 Å². The lowest BCUT2D eigenvalue weighted by atomic mass is 10.3. The van der Waals surface area contributed by atoms with Gasteiger partial charge in [0.05, 0.1) is 6.61 Å². The average molecular weight is 172 g/mol. The Kier molecular flexibility index (Phi) is 3.50. The lowest BCUT2D eigenvalue weighted by Crippen LogP contribution is -2.36. The molecule has 0 spiro atoms. The Morgan fingerprint density at radius 3 is 2.50 bits per heavy atom. The second-order valence-corrected chi connectivity index (χ2v) is 4.02. The van der Waals surface area contributed by atoms with Crippen LogP contribution in [0.2, 0.25) is 0 Å². The third-order valence-corrected chi connectivity index (χ3v) is 2.44. The summed E-state index contributed by atoms with van der Waals surface area (Å²) in [6, 6.07) is 0. The monoisotopic (exact) mass is 172 g/mol. The first-order valence-corrected chi connectivity index (χ1v) is 4.69. The highest BCUT2D eigenvalue weighted by atomic mass is 16.3. The Morgan fingerprint density at radius 2 is 2.08 bits per heavy atom. The summed E-state index contributed by atoms with van der Waals surface area (Å²) in [6.45, 7) is 2.45. The molecule has 12 heavy (non-hydrogen) atoms. The Balaban J connectivity index is 1.95. The molecule has 0 aromatic rings. The minimum Gasteiger partial charge on any atom is -0.394 e. The molecule has 0 radical (unpaired) electrons. The molecule has 0 aromatic carbocycles. The SMILES string of the molecule is CN(C)CCCNC1(CO)CC1. The third kappa shape index (κ3) is 3.09. The molecule has 1 aliphatic rings. The molecule has 0 unspecified atom stereocenters.